The highest BCUT2D eigenvalue weighted by Gasteiger charge is 2.41. The number of aryl methyl sites for hydroxylation is 1. The largest absolute Gasteiger partial charge is 0.480 e. The van der Waals surface area contributed by atoms with Gasteiger partial charge in [0.05, 0.1) is 0 Å². The van der Waals surface area contributed by atoms with Crippen molar-refractivity contribution in [1.82, 2.24) is 9.80 Å². The van der Waals surface area contributed by atoms with Gasteiger partial charge in [-0.15, -0.1) is 0 Å². The van der Waals surface area contributed by atoms with Crippen molar-refractivity contribution in [3.8, 4) is 0 Å². The number of hydrogen-bond donors (Lipinski definition) is 1. The molecule has 3 aliphatic rings. The molecule has 1 saturated carbocycles. The zero-order valence-electron chi connectivity index (χ0n) is 23.3. The number of aliphatic carboxylic acids is 1. The zero-order valence-corrected chi connectivity index (χ0v) is 23.3. The lowest BCUT2D eigenvalue weighted by atomic mass is 9.80. The van der Waals surface area contributed by atoms with E-state index in [2.05, 4.69) is 16.7 Å². The van der Waals surface area contributed by atoms with Crippen molar-refractivity contribution in [2.24, 2.45) is 23.7 Å². The minimum atomic E-state index is -0.712. The van der Waals surface area contributed by atoms with E-state index < -0.39 is 12.0 Å². The van der Waals surface area contributed by atoms with E-state index in [1.165, 1.54) is 30.9 Å². The van der Waals surface area contributed by atoms with Crippen molar-refractivity contribution >= 4 is 5.97 Å². The first-order valence-electron chi connectivity index (χ1n) is 15.0. The molecule has 2 aromatic rings. The van der Waals surface area contributed by atoms with Crippen LogP contribution in [0.2, 0.25) is 0 Å². The third-order valence-corrected chi connectivity index (χ3v) is 9.98. The van der Waals surface area contributed by atoms with E-state index in [1.54, 1.807) is 24.3 Å². The number of rotatable bonds is 11. The summed E-state index contributed by atoms with van der Waals surface area (Å²) in [5, 5.41) is 10.1. The molecule has 1 N–H and O–H groups in total. The summed E-state index contributed by atoms with van der Waals surface area (Å²) in [6.07, 6.45) is 8.69. The van der Waals surface area contributed by atoms with Crippen LogP contribution in [0.1, 0.15) is 68.9 Å². The minimum absolute atomic E-state index is 0.149. The molecule has 2 aliphatic heterocycles. The first-order valence-corrected chi connectivity index (χ1v) is 15.0. The summed E-state index contributed by atoms with van der Waals surface area (Å²) in [7, 11) is 0. The van der Waals surface area contributed by atoms with Crippen LogP contribution < -0.4 is 0 Å². The summed E-state index contributed by atoms with van der Waals surface area (Å²) < 4.78 is 27.4. The summed E-state index contributed by atoms with van der Waals surface area (Å²) in [4.78, 5) is 17.0. The molecule has 1 aliphatic carbocycles. The second kappa shape index (κ2) is 12.9. The Hall–Kier alpha value is -2.31. The summed E-state index contributed by atoms with van der Waals surface area (Å²) in [6.45, 7) is 6.86. The van der Waals surface area contributed by atoms with Gasteiger partial charge in [0.25, 0.3) is 0 Å². The Morgan fingerprint density at radius 3 is 2.38 bits per heavy atom. The van der Waals surface area contributed by atoms with Crippen LogP contribution in [0, 0.1) is 35.3 Å². The number of halogens is 2. The summed E-state index contributed by atoms with van der Waals surface area (Å²) >= 11 is 0. The Bertz CT molecular complexity index is 1080. The normalized spacial score (nSPS) is 24.9. The number of benzene rings is 2. The van der Waals surface area contributed by atoms with E-state index in [-0.39, 0.29) is 17.6 Å². The van der Waals surface area contributed by atoms with Gasteiger partial charge in [0, 0.05) is 25.6 Å². The molecule has 0 radical (unpaired) electrons. The van der Waals surface area contributed by atoms with Gasteiger partial charge in [-0.25, -0.2) is 8.78 Å². The van der Waals surface area contributed by atoms with Crippen molar-refractivity contribution in [1.29, 1.82) is 0 Å². The van der Waals surface area contributed by atoms with Crippen LogP contribution >= 0.6 is 0 Å². The predicted octanol–water partition coefficient (Wildman–Crippen LogP) is 6.60. The molecule has 4 atom stereocenters. The fraction of sp³-hybridized carbons (Fsp3) is 0.606. The maximum absolute atomic E-state index is 14.2. The molecule has 0 spiro atoms. The summed E-state index contributed by atoms with van der Waals surface area (Å²) in [5.41, 5.74) is 2.20. The molecule has 0 amide bonds. The molecule has 6 heteroatoms. The van der Waals surface area contributed by atoms with Gasteiger partial charge in [0.1, 0.15) is 17.7 Å². The molecule has 212 valence electrons. The number of piperidine rings is 1. The van der Waals surface area contributed by atoms with Gasteiger partial charge in [-0.2, -0.15) is 0 Å². The van der Waals surface area contributed by atoms with Gasteiger partial charge >= 0.3 is 5.97 Å². The van der Waals surface area contributed by atoms with Crippen molar-refractivity contribution in [3.05, 3.63) is 71.3 Å². The van der Waals surface area contributed by atoms with Gasteiger partial charge in [0.15, 0.2) is 0 Å². The topological polar surface area (TPSA) is 43.8 Å². The van der Waals surface area contributed by atoms with E-state index in [9.17, 15) is 18.7 Å². The molecule has 3 unspecified atom stereocenters. The average molecular weight is 539 g/mol. The number of carboxylic acid groups (broad SMARTS) is 1. The standard InChI is InChI=1S/C33H44F2N2O2/c1-23(8-9-24-10-12-29(34)13-11-24)26-14-16-36(17-15-26)20-28-21-37(32(33(38)39)18-25-4-2-5-25)22-31(28)27-6-3-7-30(35)19-27/h3,6-7,10-13,19,23,25-26,28,31-32H,2,4-5,8-9,14-18,20-22H2,1H3,(H,38,39)/t23-,28?,31?,32?/m0/s1. The Morgan fingerprint density at radius 2 is 1.74 bits per heavy atom. The lowest BCUT2D eigenvalue weighted by Crippen LogP contribution is -2.43. The van der Waals surface area contributed by atoms with Crippen LogP contribution in [0.15, 0.2) is 48.5 Å². The van der Waals surface area contributed by atoms with Crippen LogP contribution in [0.25, 0.3) is 0 Å². The number of carboxylic acids is 1. The number of carbonyl (C=O) groups is 1. The first-order chi connectivity index (χ1) is 18.9. The maximum Gasteiger partial charge on any atom is 0.320 e. The molecule has 0 bridgehead atoms. The Balaban J connectivity index is 1.18. The van der Waals surface area contributed by atoms with E-state index in [0.717, 1.165) is 63.8 Å². The van der Waals surface area contributed by atoms with Gasteiger partial charge < -0.3 is 10.0 Å². The highest BCUT2D eigenvalue weighted by molar-refractivity contribution is 5.73. The van der Waals surface area contributed by atoms with Crippen LogP contribution in [0.5, 0.6) is 0 Å². The number of hydrogen-bond acceptors (Lipinski definition) is 3. The first kappa shape index (κ1) is 28.2. The van der Waals surface area contributed by atoms with Crippen LogP contribution in [0.3, 0.4) is 0 Å². The fourth-order valence-electron chi connectivity index (χ4n) is 7.23. The lowest BCUT2D eigenvalue weighted by molar-refractivity contribution is -0.144. The van der Waals surface area contributed by atoms with Crippen molar-refractivity contribution in [3.63, 3.8) is 0 Å². The number of likely N-dealkylation sites (tertiary alicyclic amines) is 2. The SMILES string of the molecule is C[C@@H](CCc1ccc(F)cc1)C1CCN(CC2CN(C(CC3CCC3)C(=O)O)CC2c2cccc(F)c2)CC1. The molecule has 2 heterocycles. The molecule has 4 nitrogen and oxygen atoms in total. The van der Waals surface area contributed by atoms with Crippen LogP contribution in [0.4, 0.5) is 8.78 Å². The van der Waals surface area contributed by atoms with Gasteiger partial charge in [-0.1, -0.05) is 50.5 Å². The van der Waals surface area contributed by atoms with Gasteiger partial charge in [-0.3, -0.25) is 9.69 Å². The highest BCUT2D eigenvalue weighted by Crippen LogP contribution is 2.39. The van der Waals surface area contributed by atoms with Crippen molar-refractivity contribution < 1.29 is 18.7 Å². The molecule has 3 fully saturated rings. The third kappa shape index (κ3) is 7.26. The van der Waals surface area contributed by atoms with Crippen LogP contribution in [-0.2, 0) is 11.2 Å². The van der Waals surface area contributed by atoms with E-state index in [4.69, 9.17) is 0 Å². The fourth-order valence-corrected chi connectivity index (χ4v) is 7.23. The predicted molar refractivity (Wildman–Crippen MR) is 151 cm³/mol. The van der Waals surface area contributed by atoms with E-state index in [1.807, 2.05) is 18.2 Å². The average Bonchev–Trinajstić information content (AvgIpc) is 3.31. The quantitative estimate of drug-likeness (QED) is 0.350. The molecule has 39 heavy (non-hydrogen) atoms. The minimum Gasteiger partial charge on any atom is -0.480 e. The smallest absolute Gasteiger partial charge is 0.320 e. The van der Waals surface area contributed by atoms with E-state index >= 15 is 0 Å². The van der Waals surface area contributed by atoms with Crippen LogP contribution in [-0.4, -0.2) is 59.6 Å². The monoisotopic (exact) mass is 538 g/mol. The van der Waals surface area contributed by atoms with Crippen molar-refractivity contribution in [2.75, 3.05) is 32.7 Å². The van der Waals surface area contributed by atoms with Crippen molar-refractivity contribution in [2.45, 2.75) is 70.3 Å². The molecule has 0 aromatic heterocycles. The molecule has 2 aromatic carbocycles. The molecular formula is C33H44F2N2O2. The second-order valence-corrected chi connectivity index (χ2v) is 12.5. The summed E-state index contributed by atoms with van der Waals surface area (Å²) in [5.74, 6) is 1.18. The lowest BCUT2D eigenvalue weighted by Gasteiger charge is -2.37. The third-order valence-electron chi connectivity index (χ3n) is 9.98. The Morgan fingerprint density at radius 1 is 1.00 bits per heavy atom. The molecule has 5 rings (SSSR count). The summed E-state index contributed by atoms with van der Waals surface area (Å²) in [6, 6.07) is 13.4. The zero-order chi connectivity index (χ0) is 27.4. The molecule has 2 saturated heterocycles. The second-order valence-electron chi connectivity index (χ2n) is 12.5. The van der Waals surface area contributed by atoms with Gasteiger partial charge in [-0.05, 0) is 104 Å². The van der Waals surface area contributed by atoms with Gasteiger partial charge in [0.2, 0.25) is 0 Å². The molecular weight excluding hydrogens is 494 g/mol. The Labute approximate surface area is 232 Å². The highest BCUT2D eigenvalue weighted by atomic mass is 19.1. The maximum atomic E-state index is 14.2. The van der Waals surface area contributed by atoms with E-state index in [0.29, 0.717) is 30.2 Å². The Kier molecular flexibility index (Phi) is 9.34. The number of nitrogens with zero attached hydrogens (tertiary/aromatic N) is 2.